The fourth-order valence-electron chi connectivity index (χ4n) is 2.25. The third-order valence-electron chi connectivity index (χ3n) is 3.30. The first-order chi connectivity index (χ1) is 10.6. The molecule has 0 saturated carbocycles. The molecule has 0 aliphatic heterocycles. The molecule has 1 aromatic carbocycles. The summed E-state index contributed by atoms with van der Waals surface area (Å²) in [5.74, 6) is 0.558. The molecule has 1 unspecified atom stereocenters. The van der Waals surface area contributed by atoms with Gasteiger partial charge in [0, 0.05) is 24.6 Å². The van der Waals surface area contributed by atoms with Gasteiger partial charge in [-0.1, -0.05) is 6.92 Å². The van der Waals surface area contributed by atoms with Crippen LogP contribution in [0, 0.1) is 17.0 Å². The fourth-order valence-corrected chi connectivity index (χ4v) is 2.25. The molecule has 3 rings (SSSR count). The molecule has 3 aromatic rings. The smallest absolute Gasteiger partial charge is 0.269 e. The van der Waals surface area contributed by atoms with Gasteiger partial charge in [-0.25, -0.2) is 9.20 Å². The second-order valence-corrected chi connectivity index (χ2v) is 4.90. The van der Waals surface area contributed by atoms with Crippen molar-refractivity contribution >= 4 is 11.3 Å². The van der Waals surface area contributed by atoms with E-state index in [0.717, 1.165) is 11.3 Å². The van der Waals surface area contributed by atoms with Gasteiger partial charge in [0.2, 0.25) is 0 Å². The van der Waals surface area contributed by atoms with Gasteiger partial charge >= 0.3 is 0 Å². The zero-order valence-corrected chi connectivity index (χ0v) is 12.2. The minimum Gasteiger partial charge on any atom is -0.469 e. The Morgan fingerprint density at radius 2 is 2.09 bits per heavy atom. The Kier molecular flexibility index (Phi) is 3.50. The van der Waals surface area contributed by atoms with E-state index in [4.69, 9.17) is 4.74 Å². The third kappa shape index (κ3) is 2.50. The fraction of sp³-hybridized carbons (Fsp3) is 0.286. The number of hydrogen-bond donors (Lipinski definition) is 0. The highest BCUT2D eigenvalue weighted by Crippen LogP contribution is 2.23. The molecule has 0 aliphatic carbocycles. The summed E-state index contributed by atoms with van der Waals surface area (Å²) in [5, 5.41) is 19.3. The van der Waals surface area contributed by atoms with Crippen LogP contribution in [0.1, 0.15) is 25.3 Å². The number of nitro benzene ring substituents is 1. The molecule has 22 heavy (non-hydrogen) atoms. The Morgan fingerprint density at radius 1 is 1.36 bits per heavy atom. The molecule has 1 atom stereocenters. The Bertz CT molecular complexity index is 806. The van der Waals surface area contributed by atoms with E-state index in [1.807, 2.05) is 19.9 Å². The molecular formula is C14H15N5O3. The Hall–Kier alpha value is -2.90. The normalized spacial score (nSPS) is 12.5. The molecule has 0 aliphatic rings. The molecule has 0 amide bonds. The van der Waals surface area contributed by atoms with Crippen LogP contribution in [-0.4, -0.2) is 24.3 Å². The minimum absolute atomic E-state index is 0.0355. The number of hydrogen-bond acceptors (Lipinski definition) is 5. The first-order valence-corrected chi connectivity index (χ1v) is 6.89. The number of ether oxygens (including phenoxy) is 1. The highest BCUT2D eigenvalue weighted by molar-refractivity contribution is 5.39. The molecule has 8 heteroatoms. The molecule has 0 N–H and O–H groups in total. The predicted octanol–water partition coefficient (Wildman–Crippen LogP) is 2.74. The number of nitro groups is 1. The van der Waals surface area contributed by atoms with E-state index in [9.17, 15) is 10.1 Å². The highest BCUT2D eigenvalue weighted by atomic mass is 16.6. The lowest BCUT2D eigenvalue weighted by molar-refractivity contribution is -0.384. The monoisotopic (exact) mass is 301 g/mol. The van der Waals surface area contributed by atoms with Crippen LogP contribution in [0.25, 0.3) is 5.65 Å². The lowest BCUT2D eigenvalue weighted by atomic mass is 10.3. The summed E-state index contributed by atoms with van der Waals surface area (Å²) in [6.07, 6.45) is 2.01. The van der Waals surface area contributed by atoms with E-state index in [0.29, 0.717) is 12.2 Å². The van der Waals surface area contributed by atoms with E-state index in [1.165, 1.54) is 12.1 Å². The van der Waals surface area contributed by atoms with Crippen molar-refractivity contribution in [1.29, 1.82) is 0 Å². The molecule has 8 nitrogen and oxygen atoms in total. The van der Waals surface area contributed by atoms with Crippen LogP contribution in [0.2, 0.25) is 0 Å². The molecular weight excluding hydrogens is 286 g/mol. The summed E-state index contributed by atoms with van der Waals surface area (Å²) in [6.45, 7) is 3.90. The average Bonchev–Trinajstić information content (AvgIpc) is 3.04. The molecule has 0 saturated heterocycles. The van der Waals surface area contributed by atoms with Crippen molar-refractivity contribution in [2.24, 2.45) is 0 Å². The maximum Gasteiger partial charge on any atom is 0.269 e. The van der Waals surface area contributed by atoms with Crippen molar-refractivity contribution in [2.75, 3.05) is 0 Å². The van der Waals surface area contributed by atoms with Crippen LogP contribution in [0.4, 0.5) is 5.69 Å². The highest BCUT2D eigenvalue weighted by Gasteiger charge is 2.16. The molecule has 0 radical (unpaired) electrons. The van der Waals surface area contributed by atoms with Crippen LogP contribution in [-0.2, 0) is 0 Å². The number of fused-ring (bicyclic) bond motifs is 1. The van der Waals surface area contributed by atoms with Crippen molar-refractivity contribution in [3.05, 3.63) is 52.5 Å². The number of aryl methyl sites for hydroxylation is 1. The van der Waals surface area contributed by atoms with Crippen molar-refractivity contribution in [2.45, 2.75) is 26.5 Å². The lowest BCUT2D eigenvalue weighted by Gasteiger charge is -2.17. The van der Waals surface area contributed by atoms with Crippen molar-refractivity contribution in [3.63, 3.8) is 0 Å². The molecule has 114 valence electrons. The van der Waals surface area contributed by atoms with Gasteiger partial charge in [-0.05, 0) is 19.1 Å². The van der Waals surface area contributed by atoms with Crippen LogP contribution < -0.4 is 4.74 Å². The van der Waals surface area contributed by atoms with Crippen molar-refractivity contribution < 1.29 is 9.66 Å². The lowest BCUT2D eigenvalue weighted by Crippen LogP contribution is -2.16. The van der Waals surface area contributed by atoms with Gasteiger partial charge in [-0.2, -0.15) is 10.2 Å². The average molecular weight is 301 g/mol. The van der Waals surface area contributed by atoms with Gasteiger partial charge < -0.3 is 4.74 Å². The maximum atomic E-state index is 10.7. The minimum atomic E-state index is -0.437. The van der Waals surface area contributed by atoms with Crippen molar-refractivity contribution in [3.8, 4) is 5.75 Å². The third-order valence-corrected chi connectivity index (χ3v) is 3.30. The zero-order chi connectivity index (χ0) is 15.7. The summed E-state index contributed by atoms with van der Waals surface area (Å²) in [4.78, 5) is 10.2. The zero-order valence-electron chi connectivity index (χ0n) is 12.2. The molecule has 2 heterocycles. The molecule has 0 fully saturated rings. The van der Waals surface area contributed by atoms with Gasteiger partial charge in [0.05, 0.1) is 10.6 Å². The van der Waals surface area contributed by atoms with Gasteiger partial charge in [-0.15, -0.1) is 0 Å². The summed E-state index contributed by atoms with van der Waals surface area (Å²) in [5.41, 5.74) is 1.77. The van der Waals surface area contributed by atoms with E-state index in [2.05, 4.69) is 10.2 Å². The molecule has 0 bridgehead atoms. The van der Waals surface area contributed by atoms with Crippen LogP contribution in [0.5, 0.6) is 5.75 Å². The first-order valence-electron chi connectivity index (χ1n) is 6.89. The van der Waals surface area contributed by atoms with Crippen LogP contribution in [0.15, 0.2) is 36.7 Å². The SMILES string of the molecule is CCC(Oc1ccc([N+](=O)[O-])cc1)n1ncn2nc(C)cc12. The van der Waals surface area contributed by atoms with Crippen LogP contribution in [0.3, 0.4) is 0 Å². The predicted molar refractivity (Wildman–Crippen MR) is 78.8 cm³/mol. The second kappa shape index (κ2) is 5.47. The summed E-state index contributed by atoms with van der Waals surface area (Å²) in [7, 11) is 0. The number of aromatic nitrogens is 4. The van der Waals surface area contributed by atoms with Gasteiger partial charge in [0.25, 0.3) is 5.69 Å². The largest absolute Gasteiger partial charge is 0.469 e. The topological polar surface area (TPSA) is 87.5 Å². The van der Waals surface area contributed by atoms with E-state index in [1.54, 1.807) is 27.7 Å². The number of benzene rings is 1. The quantitative estimate of drug-likeness (QED) is 0.534. The first kappa shape index (κ1) is 14.1. The summed E-state index contributed by atoms with van der Waals surface area (Å²) >= 11 is 0. The molecule has 0 spiro atoms. The summed E-state index contributed by atoms with van der Waals surface area (Å²) < 4.78 is 9.34. The Morgan fingerprint density at radius 3 is 2.73 bits per heavy atom. The number of non-ortho nitro benzene ring substituents is 1. The van der Waals surface area contributed by atoms with E-state index in [-0.39, 0.29) is 11.9 Å². The van der Waals surface area contributed by atoms with Gasteiger partial charge in [-0.3, -0.25) is 10.1 Å². The van der Waals surface area contributed by atoms with Crippen LogP contribution >= 0.6 is 0 Å². The standard InChI is InChI=1S/C14H15N5O3/c1-3-14(18-13-8-10(2)16-17(13)9-15-18)22-12-6-4-11(5-7-12)19(20)21/h4-9,14H,3H2,1-2H3. The number of rotatable bonds is 5. The summed E-state index contributed by atoms with van der Waals surface area (Å²) in [6, 6.07) is 7.94. The van der Waals surface area contributed by atoms with E-state index >= 15 is 0 Å². The number of nitrogens with zero attached hydrogens (tertiary/aromatic N) is 5. The van der Waals surface area contributed by atoms with Crippen molar-refractivity contribution in [1.82, 2.24) is 19.4 Å². The maximum absolute atomic E-state index is 10.7. The van der Waals surface area contributed by atoms with E-state index < -0.39 is 4.92 Å². The Balaban J connectivity index is 1.86. The van der Waals surface area contributed by atoms with Gasteiger partial charge in [0.15, 0.2) is 11.9 Å². The molecule has 2 aromatic heterocycles. The second-order valence-electron chi connectivity index (χ2n) is 4.90. The van der Waals surface area contributed by atoms with Gasteiger partial charge in [0.1, 0.15) is 12.1 Å². The Labute approximate surface area is 126 Å².